The van der Waals surface area contributed by atoms with Gasteiger partial charge in [0, 0.05) is 16.8 Å². The molecule has 0 aliphatic rings. The van der Waals surface area contributed by atoms with Gasteiger partial charge in [0.25, 0.3) is 0 Å². The van der Waals surface area contributed by atoms with E-state index in [0.717, 1.165) is 0 Å². The van der Waals surface area contributed by atoms with E-state index in [9.17, 15) is 5.11 Å². The number of aliphatic hydroxyl groups is 1. The largest absolute Gasteiger partial charge is 0.382 e. The Morgan fingerprint density at radius 3 is 2.67 bits per heavy atom. The maximum Gasteiger partial charge on any atom is 0.123 e. The molecule has 3 nitrogen and oxygen atoms in total. The molecule has 0 fully saturated rings. The molecular weight excluding hydrogens is 212 g/mol. The van der Waals surface area contributed by atoms with Gasteiger partial charge in [0.2, 0.25) is 0 Å². The van der Waals surface area contributed by atoms with E-state index in [-0.39, 0.29) is 0 Å². The second-order valence-electron chi connectivity index (χ2n) is 3.06. The van der Waals surface area contributed by atoms with Gasteiger partial charge in [0.05, 0.1) is 5.69 Å². The number of aliphatic hydroxyl groups excluding tert-OH is 1. The highest BCUT2D eigenvalue weighted by atomic mass is 35.5. The Morgan fingerprint density at radius 1 is 1.20 bits per heavy atom. The van der Waals surface area contributed by atoms with E-state index in [1.807, 2.05) is 12.1 Å². The Bertz CT molecular complexity index is 447. The summed E-state index contributed by atoms with van der Waals surface area (Å²) in [5.41, 5.74) is 1.19. The Morgan fingerprint density at radius 2 is 2.00 bits per heavy atom. The third-order valence-electron chi connectivity index (χ3n) is 2.08. The molecule has 0 aliphatic heterocycles. The minimum atomic E-state index is -0.804. The van der Waals surface area contributed by atoms with Gasteiger partial charge >= 0.3 is 0 Å². The molecule has 1 atom stereocenters. The van der Waals surface area contributed by atoms with Crippen LogP contribution in [0.25, 0.3) is 0 Å². The third-order valence-corrected chi connectivity index (χ3v) is 2.43. The molecule has 0 radical (unpaired) electrons. The van der Waals surface area contributed by atoms with Gasteiger partial charge in [-0.1, -0.05) is 29.8 Å². The first-order chi connectivity index (χ1) is 7.29. The lowest BCUT2D eigenvalue weighted by molar-refractivity contribution is 0.215. The SMILES string of the molecule is OC(c1ccncn1)c1ccccc1Cl. The van der Waals surface area contributed by atoms with E-state index in [2.05, 4.69) is 9.97 Å². The molecule has 0 amide bonds. The fraction of sp³-hybridized carbons (Fsp3) is 0.0909. The number of benzene rings is 1. The molecule has 0 bridgehead atoms. The molecule has 2 rings (SSSR count). The molecule has 2 aromatic rings. The lowest BCUT2D eigenvalue weighted by Gasteiger charge is -2.11. The fourth-order valence-electron chi connectivity index (χ4n) is 1.32. The van der Waals surface area contributed by atoms with E-state index in [4.69, 9.17) is 11.6 Å². The summed E-state index contributed by atoms with van der Waals surface area (Å²) in [6.45, 7) is 0. The zero-order valence-corrected chi connectivity index (χ0v) is 8.59. The zero-order chi connectivity index (χ0) is 10.7. The quantitative estimate of drug-likeness (QED) is 0.844. The molecule has 15 heavy (non-hydrogen) atoms. The normalized spacial score (nSPS) is 12.4. The molecule has 1 N–H and O–H groups in total. The summed E-state index contributed by atoms with van der Waals surface area (Å²) in [4.78, 5) is 7.77. The standard InChI is InChI=1S/C11H9ClN2O/c12-9-4-2-1-3-8(9)11(15)10-5-6-13-7-14-10/h1-7,11,15H. The van der Waals surface area contributed by atoms with Gasteiger partial charge in [0.15, 0.2) is 0 Å². The van der Waals surface area contributed by atoms with Crippen molar-refractivity contribution in [2.75, 3.05) is 0 Å². The Kier molecular flexibility index (Phi) is 2.94. The average Bonchev–Trinajstić information content (AvgIpc) is 2.30. The van der Waals surface area contributed by atoms with Crippen LogP contribution in [0.3, 0.4) is 0 Å². The molecule has 0 spiro atoms. The maximum atomic E-state index is 10.00. The van der Waals surface area contributed by atoms with E-state index < -0.39 is 6.10 Å². The van der Waals surface area contributed by atoms with Crippen LogP contribution >= 0.6 is 11.6 Å². The van der Waals surface area contributed by atoms with Crippen LogP contribution in [0.1, 0.15) is 17.4 Å². The number of rotatable bonds is 2. The third kappa shape index (κ3) is 2.14. The zero-order valence-electron chi connectivity index (χ0n) is 7.84. The van der Waals surface area contributed by atoms with Gasteiger partial charge in [0.1, 0.15) is 12.4 Å². The van der Waals surface area contributed by atoms with E-state index in [1.165, 1.54) is 6.33 Å². The molecule has 76 valence electrons. The fourth-order valence-corrected chi connectivity index (χ4v) is 1.56. The van der Waals surface area contributed by atoms with Crippen molar-refractivity contribution in [2.45, 2.75) is 6.10 Å². The Hall–Kier alpha value is -1.45. The van der Waals surface area contributed by atoms with E-state index in [1.54, 1.807) is 24.4 Å². The van der Waals surface area contributed by atoms with Crippen LogP contribution in [0, 0.1) is 0 Å². The monoisotopic (exact) mass is 220 g/mol. The van der Waals surface area contributed by atoms with Crippen LogP contribution in [0.2, 0.25) is 5.02 Å². The van der Waals surface area contributed by atoms with Crippen molar-refractivity contribution in [1.82, 2.24) is 9.97 Å². The first-order valence-corrected chi connectivity index (χ1v) is 4.85. The summed E-state index contributed by atoms with van der Waals surface area (Å²) in [5.74, 6) is 0. The Labute approximate surface area is 92.4 Å². The number of halogens is 1. The lowest BCUT2D eigenvalue weighted by Crippen LogP contribution is -2.02. The van der Waals surface area contributed by atoms with Crippen LogP contribution in [0.5, 0.6) is 0 Å². The van der Waals surface area contributed by atoms with Crippen LogP contribution in [0.4, 0.5) is 0 Å². The van der Waals surface area contributed by atoms with Crippen LogP contribution in [-0.2, 0) is 0 Å². The summed E-state index contributed by atoms with van der Waals surface area (Å²) in [7, 11) is 0. The highest BCUT2D eigenvalue weighted by Crippen LogP contribution is 2.26. The van der Waals surface area contributed by atoms with Crippen molar-refractivity contribution in [3.8, 4) is 0 Å². The van der Waals surface area contributed by atoms with Crippen molar-refractivity contribution in [1.29, 1.82) is 0 Å². The second kappa shape index (κ2) is 4.38. The number of aromatic nitrogens is 2. The van der Waals surface area contributed by atoms with Crippen molar-refractivity contribution < 1.29 is 5.11 Å². The molecule has 1 aromatic carbocycles. The summed E-state index contributed by atoms with van der Waals surface area (Å²) >= 11 is 5.97. The molecule has 0 saturated heterocycles. The number of nitrogens with zero attached hydrogens (tertiary/aromatic N) is 2. The van der Waals surface area contributed by atoms with Crippen molar-refractivity contribution >= 4 is 11.6 Å². The van der Waals surface area contributed by atoms with Crippen LogP contribution in [-0.4, -0.2) is 15.1 Å². The predicted octanol–water partition coefficient (Wildman–Crippen LogP) is 2.21. The van der Waals surface area contributed by atoms with E-state index >= 15 is 0 Å². The molecule has 1 unspecified atom stereocenters. The lowest BCUT2D eigenvalue weighted by atomic mass is 10.1. The van der Waals surface area contributed by atoms with Crippen molar-refractivity contribution in [3.63, 3.8) is 0 Å². The maximum absolute atomic E-state index is 10.00. The number of hydrogen-bond acceptors (Lipinski definition) is 3. The first-order valence-electron chi connectivity index (χ1n) is 4.47. The molecule has 0 saturated carbocycles. The molecule has 1 aromatic heterocycles. The smallest absolute Gasteiger partial charge is 0.123 e. The minimum absolute atomic E-state index is 0.531. The average molecular weight is 221 g/mol. The summed E-state index contributed by atoms with van der Waals surface area (Å²) in [6, 6.07) is 8.81. The van der Waals surface area contributed by atoms with Gasteiger partial charge in [-0.15, -0.1) is 0 Å². The van der Waals surface area contributed by atoms with Gasteiger partial charge in [-0.3, -0.25) is 0 Å². The first kappa shape index (κ1) is 10.1. The molecule has 0 aliphatic carbocycles. The minimum Gasteiger partial charge on any atom is -0.382 e. The molecule has 1 heterocycles. The molecular formula is C11H9ClN2O. The summed E-state index contributed by atoms with van der Waals surface area (Å²) in [5, 5.41) is 10.5. The highest BCUT2D eigenvalue weighted by Gasteiger charge is 2.13. The van der Waals surface area contributed by atoms with E-state index in [0.29, 0.717) is 16.3 Å². The van der Waals surface area contributed by atoms with Gasteiger partial charge in [-0.2, -0.15) is 0 Å². The predicted molar refractivity (Wildman–Crippen MR) is 57.5 cm³/mol. The van der Waals surface area contributed by atoms with Gasteiger partial charge < -0.3 is 5.11 Å². The molecule has 4 heteroatoms. The second-order valence-corrected chi connectivity index (χ2v) is 3.47. The van der Waals surface area contributed by atoms with Gasteiger partial charge in [-0.05, 0) is 12.1 Å². The highest BCUT2D eigenvalue weighted by molar-refractivity contribution is 6.31. The Balaban J connectivity index is 2.37. The van der Waals surface area contributed by atoms with Crippen LogP contribution < -0.4 is 0 Å². The topological polar surface area (TPSA) is 46.0 Å². The van der Waals surface area contributed by atoms with Crippen molar-refractivity contribution in [2.24, 2.45) is 0 Å². The number of hydrogen-bond donors (Lipinski definition) is 1. The van der Waals surface area contributed by atoms with Crippen LogP contribution in [0.15, 0.2) is 42.9 Å². The summed E-state index contributed by atoms with van der Waals surface area (Å²) in [6.07, 6.45) is 2.18. The van der Waals surface area contributed by atoms with Crippen molar-refractivity contribution in [3.05, 3.63) is 59.1 Å². The van der Waals surface area contributed by atoms with Gasteiger partial charge in [-0.25, -0.2) is 9.97 Å². The summed E-state index contributed by atoms with van der Waals surface area (Å²) < 4.78 is 0.